The van der Waals surface area contributed by atoms with Gasteiger partial charge in [-0.15, -0.1) is 0 Å². The Hall–Kier alpha value is -0.870. The molecule has 0 fully saturated rings. The van der Waals surface area contributed by atoms with E-state index in [2.05, 4.69) is 4.99 Å². The minimum absolute atomic E-state index is 0.0863. The summed E-state index contributed by atoms with van der Waals surface area (Å²) in [4.78, 5) is 3.45. The van der Waals surface area contributed by atoms with Crippen molar-refractivity contribution in [3.05, 3.63) is 30.3 Å². The summed E-state index contributed by atoms with van der Waals surface area (Å²) in [7, 11) is -3.28. The van der Waals surface area contributed by atoms with Gasteiger partial charge in [0.1, 0.15) is 0 Å². The predicted molar refractivity (Wildman–Crippen MR) is 60.2 cm³/mol. The van der Waals surface area contributed by atoms with E-state index in [0.29, 0.717) is 10.6 Å². The molecule has 1 heterocycles. The van der Waals surface area contributed by atoms with Gasteiger partial charge in [-0.3, -0.25) is 4.99 Å². The lowest BCUT2D eigenvalue weighted by Crippen LogP contribution is -2.16. The van der Waals surface area contributed by atoms with Gasteiger partial charge in [-0.05, 0) is 19.1 Å². The molecule has 0 spiro atoms. The molecule has 0 aromatic heterocycles. The van der Waals surface area contributed by atoms with E-state index in [9.17, 15) is 8.42 Å². The maximum Gasteiger partial charge on any atom is 0.183 e. The van der Waals surface area contributed by atoms with Crippen LogP contribution in [-0.2, 0) is 9.84 Å². The highest BCUT2D eigenvalue weighted by molar-refractivity contribution is 7.92. The molecule has 1 unspecified atom stereocenters. The second kappa shape index (κ2) is 3.32. The number of benzene rings is 1. The minimum atomic E-state index is -3.28. The summed E-state index contributed by atoms with van der Waals surface area (Å²) >= 11 is 5.83. The molecule has 0 bridgehead atoms. The van der Waals surface area contributed by atoms with Gasteiger partial charge in [0.2, 0.25) is 0 Å². The van der Waals surface area contributed by atoms with Crippen LogP contribution in [0, 0.1) is 0 Å². The minimum Gasteiger partial charge on any atom is -0.261 e. The fourth-order valence-corrected chi connectivity index (χ4v) is 2.97. The highest BCUT2D eigenvalue weighted by atomic mass is 35.5. The first-order valence-electron chi connectivity index (χ1n) is 4.48. The topological polar surface area (TPSA) is 46.5 Å². The van der Waals surface area contributed by atoms with Gasteiger partial charge in [-0.25, -0.2) is 8.42 Å². The van der Waals surface area contributed by atoms with Crippen LogP contribution in [0.5, 0.6) is 0 Å². The molecule has 1 aliphatic rings. The first-order chi connectivity index (χ1) is 6.92. The van der Waals surface area contributed by atoms with Gasteiger partial charge < -0.3 is 0 Å². The Balaban J connectivity index is 2.20. The summed E-state index contributed by atoms with van der Waals surface area (Å²) in [5, 5.41) is 0. The second-order valence-electron chi connectivity index (χ2n) is 3.58. The molecule has 2 rings (SSSR count). The summed E-state index contributed by atoms with van der Waals surface area (Å²) in [5.41, 5.74) is 0.535. The third kappa shape index (κ3) is 2.21. The standard InChI is InChI=1S/C10H10ClNO2S/c1-10(11)9(12-10)7-15(13,14)8-5-3-2-4-6-8/h2-6H,7H2,1H3. The zero-order valence-electron chi connectivity index (χ0n) is 8.14. The van der Waals surface area contributed by atoms with E-state index in [1.54, 1.807) is 37.3 Å². The van der Waals surface area contributed by atoms with E-state index >= 15 is 0 Å². The SMILES string of the molecule is CC1(Cl)N=C1CS(=O)(=O)c1ccccc1. The molecule has 0 N–H and O–H groups in total. The van der Waals surface area contributed by atoms with Crippen LogP contribution in [0.1, 0.15) is 6.92 Å². The molecule has 1 aromatic carbocycles. The molecule has 1 aliphatic heterocycles. The summed E-state index contributed by atoms with van der Waals surface area (Å²) < 4.78 is 23.7. The summed E-state index contributed by atoms with van der Waals surface area (Å²) in [5.74, 6) is -0.0863. The smallest absolute Gasteiger partial charge is 0.183 e. The summed E-state index contributed by atoms with van der Waals surface area (Å²) in [6.07, 6.45) is 0. The zero-order chi connectivity index (χ0) is 11.1. The Morgan fingerprint density at radius 3 is 2.33 bits per heavy atom. The van der Waals surface area contributed by atoms with Gasteiger partial charge >= 0.3 is 0 Å². The van der Waals surface area contributed by atoms with Gasteiger partial charge in [0.15, 0.2) is 14.8 Å². The lowest BCUT2D eigenvalue weighted by Gasteiger charge is -2.01. The van der Waals surface area contributed by atoms with E-state index in [1.807, 2.05) is 0 Å². The van der Waals surface area contributed by atoms with Crippen LogP contribution in [0.25, 0.3) is 0 Å². The normalized spacial score (nSPS) is 24.8. The van der Waals surface area contributed by atoms with Crippen LogP contribution in [0.2, 0.25) is 0 Å². The number of hydrogen-bond donors (Lipinski definition) is 0. The van der Waals surface area contributed by atoms with Crippen molar-refractivity contribution < 1.29 is 8.42 Å². The average Bonchev–Trinajstić information content (AvgIpc) is 2.74. The van der Waals surface area contributed by atoms with E-state index < -0.39 is 14.8 Å². The highest BCUT2D eigenvalue weighted by Crippen LogP contribution is 2.33. The van der Waals surface area contributed by atoms with Gasteiger partial charge in [-0.2, -0.15) is 0 Å². The van der Waals surface area contributed by atoms with E-state index in [-0.39, 0.29) is 5.75 Å². The third-order valence-corrected chi connectivity index (χ3v) is 4.20. The van der Waals surface area contributed by atoms with Crippen molar-refractivity contribution in [1.29, 1.82) is 0 Å². The van der Waals surface area contributed by atoms with Crippen LogP contribution >= 0.6 is 11.6 Å². The van der Waals surface area contributed by atoms with Crippen molar-refractivity contribution in [1.82, 2.24) is 0 Å². The Morgan fingerprint density at radius 1 is 1.33 bits per heavy atom. The summed E-state index contributed by atoms with van der Waals surface area (Å²) in [6.45, 7) is 1.68. The number of alkyl halides is 1. The fraction of sp³-hybridized carbons (Fsp3) is 0.300. The lowest BCUT2D eigenvalue weighted by atomic mass is 10.4. The molecule has 0 aliphatic carbocycles. The number of nitrogens with zero attached hydrogens (tertiary/aromatic N) is 1. The lowest BCUT2D eigenvalue weighted by molar-refractivity contribution is 0.600. The highest BCUT2D eigenvalue weighted by Gasteiger charge is 2.42. The molecule has 0 saturated heterocycles. The molecule has 3 nitrogen and oxygen atoms in total. The molecule has 0 radical (unpaired) electrons. The number of rotatable bonds is 3. The molecule has 15 heavy (non-hydrogen) atoms. The van der Waals surface area contributed by atoms with Crippen LogP contribution in [0.15, 0.2) is 40.2 Å². The number of halogens is 1. The monoisotopic (exact) mass is 243 g/mol. The Bertz CT molecular complexity index is 505. The number of aliphatic imine (C=N–C) groups is 1. The van der Waals surface area contributed by atoms with Crippen molar-refractivity contribution in [2.24, 2.45) is 4.99 Å². The van der Waals surface area contributed by atoms with Gasteiger partial charge in [0.25, 0.3) is 0 Å². The molecule has 1 aromatic rings. The van der Waals surface area contributed by atoms with E-state index in [1.165, 1.54) is 0 Å². The molecule has 0 amide bonds. The third-order valence-electron chi connectivity index (χ3n) is 2.25. The molecular weight excluding hydrogens is 234 g/mol. The van der Waals surface area contributed by atoms with Crippen molar-refractivity contribution in [3.63, 3.8) is 0 Å². The molecule has 0 saturated carbocycles. The van der Waals surface area contributed by atoms with Crippen LogP contribution in [0.3, 0.4) is 0 Å². The zero-order valence-corrected chi connectivity index (χ0v) is 9.72. The Morgan fingerprint density at radius 2 is 1.87 bits per heavy atom. The van der Waals surface area contributed by atoms with Crippen molar-refractivity contribution in [3.8, 4) is 0 Å². The average molecular weight is 244 g/mol. The van der Waals surface area contributed by atoms with Gasteiger partial charge in [0, 0.05) is 0 Å². The first kappa shape index (κ1) is 10.6. The maximum atomic E-state index is 11.8. The molecule has 5 heteroatoms. The number of sulfone groups is 1. The first-order valence-corrected chi connectivity index (χ1v) is 6.51. The number of hydrogen-bond acceptors (Lipinski definition) is 3. The molecule has 1 atom stereocenters. The Labute approximate surface area is 93.7 Å². The summed E-state index contributed by atoms with van der Waals surface area (Å²) in [6, 6.07) is 8.32. The van der Waals surface area contributed by atoms with Crippen LogP contribution in [-0.4, -0.2) is 24.9 Å². The van der Waals surface area contributed by atoms with Gasteiger partial charge in [-0.1, -0.05) is 29.8 Å². The Kier molecular flexibility index (Phi) is 2.35. The van der Waals surface area contributed by atoms with E-state index in [4.69, 9.17) is 11.6 Å². The molecule has 80 valence electrons. The fourth-order valence-electron chi connectivity index (χ4n) is 1.28. The quantitative estimate of drug-likeness (QED) is 0.601. The second-order valence-corrected chi connectivity index (χ2v) is 6.31. The van der Waals surface area contributed by atoms with Crippen molar-refractivity contribution >= 4 is 27.1 Å². The van der Waals surface area contributed by atoms with Crippen LogP contribution in [0.4, 0.5) is 0 Å². The van der Waals surface area contributed by atoms with Crippen molar-refractivity contribution in [2.45, 2.75) is 16.8 Å². The van der Waals surface area contributed by atoms with Crippen LogP contribution < -0.4 is 0 Å². The largest absolute Gasteiger partial charge is 0.261 e. The molecular formula is C10H10ClNO2S. The van der Waals surface area contributed by atoms with Crippen molar-refractivity contribution in [2.75, 3.05) is 5.75 Å². The van der Waals surface area contributed by atoms with Gasteiger partial charge in [0.05, 0.1) is 16.4 Å². The van der Waals surface area contributed by atoms with E-state index in [0.717, 1.165) is 0 Å². The predicted octanol–water partition coefficient (Wildman–Crippen LogP) is 1.87. The maximum absolute atomic E-state index is 11.8.